The highest BCUT2D eigenvalue weighted by atomic mass is 15.8. The lowest BCUT2D eigenvalue weighted by molar-refractivity contribution is 0.130. The fraction of sp³-hybridized carbons (Fsp3) is 0.571. The molecule has 0 saturated carbocycles. The van der Waals surface area contributed by atoms with E-state index in [0.29, 0.717) is 0 Å². The van der Waals surface area contributed by atoms with Gasteiger partial charge in [-0.15, -0.1) is 5.53 Å². The van der Waals surface area contributed by atoms with Crippen molar-refractivity contribution in [3.05, 3.63) is 11.5 Å². The van der Waals surface area contributed by atoms with Gasteiger partial charge in [-0.1, -0.05) is 0 Å². The molecular weight excluding hydrogens is 154 g/mol. The minimum Gasteiger partial charge on any atom is -0.309 e. The fourth-order valence-corrected chi connectivity index (χ4v) is 1.77. The average Bonchev–Trinajstić information content (AvgIpc) is 2.62. The maximum atomic E-state index is 4.32. The van der Waals surface area contributed by atoms with Gasteiger partial charge < -0.3 is 5.32 Å². The van der Waals surface area contributed by atoms with Crippen molar-refractivity contribution in [3.8, 4) is 0 Å². The Morgan fingerprint density at radius 2 is 2.42 bits per heavy atom. The van der Waals surface area contributed by atoms with Crippen molar-refractivity contribution in [3.63, 3.8) is 0 Å². The quantitative estimate of drug-likeness (QED) is 0.477. The number of nitrogens with one attached hydrogen (secondary N) is 2. The molecule has 0 aliphatic carbocycles. The van der Waals surface area contributed by atoms with Gasteiger partial charge in [0.15, 0.2) is 5.82 Å². The van der Waals surface area contributed by atoms with Crippen molar-refractivity contribution in [2.75, 3.05) is 26.2 Å². The average molecular weight is 165 g/mol. The molecule has 64 valence electrons. The third kappa shape index (κ3) is 0.720. The molecule has 0 radical (unpaired) electrons. The molecule has 0 unspecified atom stereocenters. The summed E-state index contributed by atoms with van der Waals surface area (Å²) in [6.45, 7) is 3.87. The van der Waals surface area contributed by atoms with Crippen LogP contribution in [0.15, 0.2) is 16.5 Å². The van der Waals surface area contributed by atoms with E-state index in [0.717, 1.165) is 32.0 Å². The molecule has 5 heteroatoms. The van der Waals surface area contributed by atoms with Crippen molar-refractivity contribution in [2.45, 2.75) is 0 Å². The largest absolute Gasteiger partial charge is 0.309 e. The number of hydrogen-bond acceptors (Lipinski definition) is 5. The number of rotatable bonds is 0. The molecule has 12 heavy (non-hydrogen) atoms. The number of hydrogen-bond donors (Lipinski definition) is 2. The molecule has 0 spiro atoms. The first-order chi connectivity index (χ1) is 5.95. The van der Waals surface area contributed by atoms with Gasteiger partial charge in [-0.2, -0.15) is 0 Å². The third-order valence-electron chi connectivity index (χ3n) is 2.36. The molecule has 0 atom stereocenters. The Morgan fingerprint density at radius 1 is 1.42 bits per heavy atom. The predicted octanol–water partition coefficient (Wildman–Crippen LogP) is -1.12. The van der Waals surface area contributed by atoms with Crippen LogP contribution in [0.5, 0.6) is 0 Å². The van der Waals surface area contributed by atoms with E-state index in [4.69, 9.17) is 0 Å². The lowest BCUT2D eigenvalue weighted by Crippen LogP contribution is -2.48. The Kier molecular flexibility index (Phi) is 1.19. The van der Waals surface area contributed by atoms with E-state index in [1.165, 1.54) is 5.70 Å². The van der Waals surface area contributed by atoms with Crippen LogP contribution in [0.3, 0.4) is 0 Å². The molecule has 2 N–H and O–H groups in total. The highest BCUT2D eigenvalue weighted by Gasteiger charge is 2.31. The SMILES string of the molecule is C1=NC2=C3CNCCN3NN2C1. The van der Waals surface area contributed by atoms with Crippen LogP contribution in [0.1, 0.15) is 0 Å². The van der Waals surface area contributed by atoms with Crippen LogP contribution in [0, 0.1) is 0 Å². The molecule has 0 aromatic rings. The first-order valence-corrected chi connectivity index (χ1v) is 4.23. The van der Waals surface area contributed by atoms with E-state index < -0.39 is 0 Å². The van der Waals surface area contributed by atoms with E-state index in [-0.39, 0.29) is 0 Å². The van der Waals surface area contributed by atoms with Crippen LogP contribution in [-0.4, -0.2) is 42.4 Å². The molecule has 3 aliphatic heterocycles. The van der Waals surface area contributed by atoms with E-state index in [2.05, 4.69) is 25.9 Å². The van der Waals surface area contributed by atoms with E-state index >= 15 is 0 Å². The Labute approximate surface area is 70.7 Å². The second-order valence-electron chi connectivity index (χ2n) is 3.12. The topological polar surface area (TPSA) is 42.9 Å². The number of fused-ring (bicyclic) bond motifs is 2. The maximum Gasteiger partial charge on any atom is 0.166 e. The summed E-state index contributed by atoms with van der Waals surface area (Å²) in [5.74, 6) is 1.09. The minimum absolute atomic E-state index is 0.884. The lowest BCUT2D eigenvalue weighted by Gasteiger charge is -2.27. The molecule has 0 aromatic heterocycles. The van der Waals surface area contributed by atoms with Crippen molar-refractivity contribution in [1.82, 2.24) is 20.9 Å². The van der Waals surface area contributed by atoms with Crippen LogP contribution < -0.4 is 10.9 Å². The van der Waals surface area contributed by atoms with Crippen molar-refractivity contribution in [1.29, 1.82) is 0 Å². The van der Waals surface area contributed by atoms with Gasteiger partial charge >= 0.3 is 0 Å². The zero-order valence-electron chi connectivity index (χ0n) is 6.75. The maximum absolute atomic E-state index is 4.32. The summed E-state index contributed by atoms with van der Waals surface area (Å²) in [6, 6.07) is 0. The molecule has 0 aromatic carbocycles. The van der Waals surface area contributed by atoms with Gasteiger partial charge in [0.25, 0.3) is 0 Å². The third-order valence-corrected chi connectivity index (χ3v) is 2.36. The summed E-state index contributed by atoms with van der Waals surface area (Å²) < 4.78 is 0. The van der Waals surface area contributed by atoms with Crippen molar-refractivity contribution >= 4 is 6.21 Å². The van der Waals surface area contributed by atoms with Crippen LogP contribution in [-0.2, 0) is 0 Å². The first kappa shape index (κ1) is 6.45. The molecule has 0 bridgehead atoms. The van der Waals surface area contributed by atoms with Crippen molar-refractivity contribution in [2.24, 2.45) is 4.99 Å². The Bertz CT molecular complexity index is 269. The molecule has 0 amide bonds. The molecule has 3 aliphatic rings. The van der Waals surface area contributed by atoms with Gasteiger partial charge in [-0.05, 0) is 0 Å². The van der Waals surface area contributed by atoms with E-state index in [1.54, 1.807) is 0 Å². The summed E-state index contributed by atoms with van der Waals surface area (Å²) in [5, 5.41) is 7.57. The van der Waals surface area contributed by atoms with E-state index in [1.807, 2.05) is 6.21 Å². The zero-order chi connectivity index (χ0) is 7.97. The predicted molar refractivity (Wildman–Crippen MR) is 44.9 cm³/mol. The minimum atomic E-state index is 0.884. The van der Waals surface area contributed by atoms with Gasteiger partial charge in [0.1, 0.15) is 0 Å². The normalized spacial score (nSPS) is 26.7. The lowest BCUT2D eigenvalue weighted by atomic mass is 10.3. The second-order valence-corrected chi connectivity index (χ2v) is 3.12. The first-order valence-electron chi connectivity index (χ1n) is 4.23. The number of hydrazine groups is 2. The van der Waals surface area contributed by atoms with E-state index in [9.17, 15) is 0 Å². The zero-order valence-corrected chi connectivity index (χ0v) is 6.75. The van der Waals surface area contributed by atoms with Gasteiger partial charge in [0.2, 0.25) is 0 Å². The summed E-state index contributed by atoms with van der Waals surface area (Å²) in [7, 11) is 0. The summed E-state index contributed by atoms with van der Waals surface area (Å²) in [5.41, 5.74) is 4.56. The Balaban J connectivity index is 1.99. The molecule has 1 fully saturated rings. The molecular formula is C7H11N5. The molecule has 3 rings (SSSR count). The van der Waals surface area contributed by atoms with Crippen molar-refractivity contribution < 1.29 is 0 Å². The number of nitrogens with zero attached hydrogens (tertiary/aromatic N) is 3. The van der Waals surface area contributed by atoms with Gasteiger partial charge in [0, 0.05) is 25.8 Å². The van der Waals surface area contributed by atoms with Crippen LogP contribution in [0.4, 0.5) is 0 Å². The van der Waals surface area contributed by atoms with Gasteiger partial charge in [-0.25, -0.2) is 4.99 Å². The number of piperazine rings is 1. The smallest absolute Gasteiger partial charge is 0.166 e. The monoisotopic (exact) mass is 165 g/mol. The van der Waals surface area contributed by atoms with Gasteiger partial charge in [-0.3, -0.25) is 10.0 Å². The highest BCUT2D eigenvalue weighted by molar-refractivity contribution is 5.65. The molecule has 3 heterocycles. The molecule has 1 saturated heterocycles. The number of aliphatic imine (C=N–C) groups is 1. The Hall–Kier alpha value is -1.07. The van der Waals surface area contributed by atoms with Crippen LogP contribution in [0.25, 0.3) is 0 Å². The molecule has 5 nitrogen and oxygen atoms in total. The highest BCUT2D eigenvalue weighted by Crippen LogP contribution is 2.23. The van der Waals surface area contributed by atoms with Crippen LogP contribution >= 0.6 is 0 Å². The summed E-state index contributed by atoms with van der Waals surface area (Å²) in [4.78, 5) is 4.32. The standard InChI is InChI=1S/C7H11N5/c1-3-11-6(5-8-1)7-9-2-4-12(7)10-11/h2,8,10H,1,3-5H2. The summed E-state index contributed by atoms with van der Waals surface area (Å²) in [6.07, 6.45) is 1.93. The van der Waals surface area contributed by atoms with Gasteiger partial charge in [0.05, 0.1) is 12.2 Å². The second kappa shape index (κ2) is 2.21. The fourth-order valence-electron chi connectivity index (χ4n) is 1.77. The summed E-state index contributed by atoms with van der Waals surface area (Å²) >= 11 is 0. The Morgan fingerprint density at radius 3 is 3.42 bits per heavy atom. The van der Waals surface area contributed by atoms with Crippen LogP contribution in [0.2, 0.25) is 0 Å².